The van der Waals surface area contributed by atoms with Gasteiger partial charge in [-0.2, -0.15) is 32.6 Å². The fourth-order valence-electron chi connectivity index (χ4n) is 4.24. The molecule has 2 amide bonds. The number of thioether (sulfide) groups is 2. The van der Waals surface area contributed by atoms with E-state index in [0.29, 0.717) is 24.5 Å². The fourth-order valence-corrected chi connectivity index (χ4v) is 13.9. The highest BCUT2D eigenvalue weighted by atomic mass is 33.2. The molecule has 0 radical (unpaired) electrons. The minimum Gasteiger partial charge on any atom is -0.459 e. The molecule has 0 spiro atoms. The number of carbonyl (C=O) groups is 4. The van der Waals surface area contributed by atoms with Crippen LogP contribution < -0.4 is 16.4 Å². The second kappa shape index (κ2) is 26.1. The van der Waals surface area contributed by atoms with Crippen molar-refractivity contribution in [3.05, 3.63) is 0 Å². The third-order valence-corrected chi connectivity index (χ3v) is 18.8. The lowest BCUT2D eigenvalue weighted by atomic mass is 10.00. The van der Waals surface area contributed by atoms with Gasteiger partial charge in [0.1, 0.15) is 5.60 Å². The number of hydrogen-bond acceptors (Lipinski definition) is 12. The molecule has 0 saturated carbocycles. The monoisotopic (exact) mass is 847 g/mol. The summed E-state index contributed by atoms with van der Waals surface area (Å²) < 4.78 is 11.8. The van der Waals surface area contributed by atoms with Crippen molar-refractivity contribution < 1.29 is 28.7 Å². The molecule has 4 N–H and O–H groups in total. The summed E-state index contributed by atoms with van der Waals surface area (Å²) in [7, 11) is 4.79. The summed E-state index contributed by atoms with van der Waals surface area (Å²) in [6.45, 7) is 22.8. The molecule has 0 fully saturated rings. The number of ketones is 1. The lowest BCUT2D eigenvalue weighted by molar-refractivity contribution is -0.164. The highest BCUT2D eigenvalue weighted by molar-refractivity contribution is 8.93. The number of ether oxygens (including phenoxy) is 2. The van der Waals surface area contributed by atoms with Gasteiger partial charge >= 0.3 is 5.97 Å². The van der Waals surface area contributed by atoms with Crippen LogP contribution in [0.5, 0.6) is 0 Å². The predicted molar refractivity (Wildman–Crippen MR) is 237 cm³/mol. The van der Waals surface area contributed by atoms with E-state index in [1.54, 1.807) is 30.4 Å². The number of hydrogen-bond donors (Lipinski definition) is 3. The molecule has 0 saturated heterocycles. The first-order valence-corrected chi connectivity index (χ1v) is 27.2. The zero-order valence-corrected chi connectivity index (χ0v) is 39.4. The van der Waals surface area contributed by atoms with Crippen LogP contribution in [0.2, 0.25) is 0 Å². The van der Waals surface area contributed by atoms with Crippen molar-refractivity contribution in [2.24, 2.45) is 29.4 Å². The maximum atomic E-state index is 13.2. The smallest absolute Gasteiger partial charge is 0.310 e. The summed E-state index contributed by atoms with van der Waals surface area (Å²) in [6, 6.07) is 0. The van der Waals surface area contributed by atoms with Crippen molar-refractivity contribution >= 4 is 88.5 Å². The zero-order chi connectivity index (χ0) is 40.2. The molecular formula is C37H73N3O6S6. The van der Waals surface area contributed by atoms with Crippen LogP contribution in [0, 0.1) is 23.7 Å². The Morgan fingerprint density at radius 2 is 1.33 bits per heavy atom. The Hall–Kier alpha value is 0.1000. The highest BCUT2D eigenvalue weighted by Crippen LogP contribution is 2.53. The quantitative estimate of drug-likeness (QED) is 0.0281. The van der Waals surface area contributed by atoms with Crippen molar-refractivity contribution in [1.29, 1.82) is 0 Å². The second-order valence-corrected chi connectivity index (χ2v) is 28.7. The maximum absolute atomic E-state index is 13.2. The van der Waals surface area contributed by atoms with Crippen molar-refractivity contribution in [2.45, 2.75) is 111 Å². The highest BCUT2D eigenvalue weighted by Gasteiger charge is 2.35. The summed E-state index contributed by atoms with van der Waals surface area (Å²) in [4.78, 5) is 49.6. The average molecular weight is 848 g/mol. The van der Waals surface area contributed by atoms with Crippen LogP contribution in [-0.2, 0) is 28.7 Å². The average Bonchev–Trinajstić information content (AvgIpc) is 3.03. The first kappa shape index (κ1) is 52.1. The molecule has 0 aliphatic heterocycles. The van der Waals surface area contributed by atoms with Gasteiger partial charge in [-0.05, 0) is 51.9 Å². The van der Waals surface area contributed by atoms with Crippen molar-refractivity contribution in [3.63, 3.8) is 0 Å². The van der Waals surface area contributed by atoms with Crippen molar-refractivity contribution in [1.82, 2.24) is 10.6 Å². The summed E-state index contributed by atoms with van der Waals surface area (Å²) in [6.07, 6.45) is 7.00. The van der Waals surface area contributed by atoms with Crippen LogP contribution in [0.1, 0.15) is 95.4 Å². The van der Waals surface area contributed by atoms with Gasteiger partial charge in [0.25, 0.3) is 0 Å². The summed E-state index contributed by atoms with van der Waals surface area (Å²) in [5.41, 5.74) is 4.18. The van der Waals surface area contributed by atoms with Crippen LogP contribution in [0.25, 0.3) is 0 Å². The standard InChI is InChI=1S/C37H73N3O6S6/c1-27(2)32(42)39-17-14-20-49-50-21-16-36(9,10)48-26-30(6)34(44)46-35(7,8)15-19-45-37(11,38)31(41)29(5)25-47-23-24-52(12,13)51-22-18-40-33(43)28(3)4/h27-30H,14-26,38H2,1-13H3,(H,39,42)(H,40,43). The molecule has 0 aliphatic carbocycles. The van der Waals surface area contributed by atoms with Gasteiger partial charge in [0.05, 0.1) is 12.5 Å². The van der Waals surface area contributed by atoms with Gasteiger partial charge in [-0.25, -0.2) is 0 Å². The number of rotatable bonds is 30. The molecule has 0 heterocycles. The van der Waals surface area contributed by atoms with E-state index in [1.807, 2.05) is 87.8 Å². The molecule has 0 aliphatic rings. The summed E-state index contributed by atoms with van der Waals surface area (Å²) in [5, 5.41) is 5.94. The number of nitrogens with two attached hydrogens (primary N) is 1. The van der Waals surface area contributed by atoms with Gasteiger partial charge in [0.15, 0.2) is 11.5 Å². The third-order valence-electron chi connectivity index (χ3n) is 8.06. The lowest BCUT2D eigenvalue weighted by Crippen LogP contribution is -2.51. The van der Waals surface area contributed by atoms with Crippen molar-refractivity contribution in [2.75, 3.05) is 72.5 Å². The molecule has 3 unspecified atom stereocenters. The molecule has 3 atom stereocenters. The number of esters is 1. The largest absolute Gasteiger partial charge is 0.459 e. The first-order chi connectivity index (χ1) is 23.9. The SMILES string of the molecule is CC(C)C(=O)NCCCSSCCC(C)(C)SCC(C)C(=O)OC(C)(C)CCOC(C)(N)C(=O)C(C)CSCCS(C)(C)SCCNC(=O)C(C)C. The van der Waals surface area contributed by atoms with Gasteiger partial charge in [-0.15, -0.1) is 10.8 Å². The minimum atomic E-state index is -1.42. The Labute approximate surface area is 339 Å². The van der Waals surface area contributed by atoms with E-state index in [-0.39, 0.29) is 58.6 Å². The molecule has 0 rings (SSSR count). The van der Waals surface area contributed by atoms with Crippen molar-refractivity contribution in [3.8, 4) is 0 Å². The Morgan fingerprint density at radius 1 is 0.750 bits per heavy atom. The zero-order valence-electron chi connectivity index (χ0n) is 34.5. The van der Waals surface area contributed by atoms with Crippen LogP contribution in [0.4, 0.5) is 0 Å². The first-order valence-electron chi connectivity index (χ1n) is 18.5. The molecule has 0 bridgehead atoms. The Kier molecular flexibility index (Phi) is 26.2. The Balaban J connectivity index is 4.41. The van der Waals surface area contributed by atoms with Gasteiger partial charge in [-0.1, -0.05) is 77.0 Å². The molecular weight excluding hydrogens is 775 g/mol. The molecule has 0 aromatic rings. The van der Waals surface area contributed by atoms with Crippen LogP contribution in [0.3, 0.4) is 0 Å². The number of nitrogens with one attached hydrogen (secondary N) is 2. The molecule has 0 aromatic heterocycles. The van der Waals surface area contributed by atoms with Gasteiger partial charge in [-0.3, -0.25) is 24.9 Å². The normalized spacial score (nSPS) is 15.2. The Morgan fingerprint density at radius 3 is 1.92 bits per heavy atom. The number of amides is 2. The molecule has 9 nitrogen and oxygen atoms in total. The van der Waals surface area contributed by atoms with E-state index in [2.05, 4.69) is 37.0 Å². The summed E-state index contributed by atoms with van der Waals surface area (Å²) in [5.74, 6) is 5.67. The van der Waals surface area contributed by atoms with Gasteiger partial charge < -0.3 is 20.1 Å². The minimum absolute atomic E-state index is 0.00538. The number of Topliss-reactive ketones (excluding diaryl/α,β-unsaturated/α-hetero) is 1. The van der Waals surface area contributed by atoms with E-state index in [9.17, 15) is 19.2 Å². The third kappa shape index (κ3) is 25.3. The van der Waals surface area contributed by atoms with E-state index in [0.717, 1.165) is 48.2 Å². The fraction of sp³-hybridized carbons (Fsp3) is 0.892. The second-order valence-electron chi connectivity index (χ2n) is 15.8. The number of carbonyl (C=O) groups excluding carboxylic acids is 4. The van der Waals surface area contributed by atoms with Crippen LogP contribution in [0.15, 0.2) is 0 Å². The summed E-state index contributed by atoms with van der Waals surface area (Å²) >= 11 is 3.56. The molecule has 0 aromatic carbocycles. The van der Waals surface area contributed by atoms with Crippen LogP contribution in [-0.4, -0.2) is 112 Å². The molecule has 308 valence electrons. The van der Waals surface area contributed by atoms with Gasteiger partial charge in [0, 0.05) is 76.5 Å². The topological polar surface area (TPSA) is 137 Å². The molecule has 15 heteroatoms. The predicted octanol–water partition coefficient (Wildman–Crippen LogP) is 7.89. The van der Waals surface area contributed by atoms with Crippen LogP contribution >= 0.6 is 65.0 Å². The van der Waals surface area contributed by atoms with Gasteiger partial charge in [0.2, 0.25) is 11.8 Å². The molecule has 52 heavy (non-hydrogen) atoms. The van der Waals surface area contributed by atoms with E-state index >= 15 is 0 Å². The maximum Gasteiger partial charge on any atom is 0.310 e. The Bertz CT molecular complexity index is 1070. The van der Waals surface area contributed by atoms with E-state index in [4.69, 9.17) is 15.2 Å². The lowest BCUT2D eigenvalue weighted by Gasteiger charge is -2.31. The van der Waals surface area contributed by atoms with E-state index in [1.165, 1.54) is 0 Å². The van der Waals surface area contributed by atoms with E-state index < -0.39 is 20.4 Å².